The Bertz CT molecular complexity index is 559. The highest BCUT2D eigenvalue weighted by Crippen LogP contribution is 2.26. The van der Waals surface area contributed by atoms with Gasteiger partial charge in [-0.1, -0.05) is 0 Å². The monoisotopic (exact) mass is 506 g/mol. The molecule has 0 aromatic carbocycles. The number of ketones is 1. The van der Waals surface area contributed by atoms with Crippen molar-refractivity contribution in [3.8, 4) is 0 Å². The lowest BCUT2D eigenvalue weighted by Gasteiger charge is -2.27. The maximum Gasteiger partial charge on any atom is 0.407 e. The van der Waals surface area contributed by atoms with Crippen molar-refractivity contribution in [1.29, 1.82) is 0 Å². The summed E-state index contributed by atoms with van der Waals surface area (Å²) in [5.74, 6) is -0.141. The SMILES string of the molecule is CSC1CCC(NC(=O)OCCOCCOCCOCCOCCNC(=O)CCC(C)=O)CC1. The number of hydrogen-bond acceptors (Lipinski definition) is 9. The third kappa shape index (κ3) is 18.0. The molecule has 0 radical (unpaired) electrons. The second-order valence-corrected chi connectivity index (χ2v) is 9.13. The van der Waals surface area contributed by atoms with Gasteiger partial charge in [0.15, 0.2) is 0 Å². The summed E-state index contributed by atoms with van der Waals surface area (Å²) in [7, 11) is 0. The highest BCUT2D eigenvalue weighted by molar-refractivity contribution is 7.99. The first kappa shape index (κ1) is 30.6. The van der Waals surface area contributed by atoms with Gasteiger partial charge < -0.3 is 39.1 Å². The van der Waals surface area contributed by atoms with Crippen molar-refractivity contribution in [1.82, 2.24) is 10.6 Å². The van der Waals surface area contributed by atoms with Crippen LogP contribution in [0.5, 0.6) is 0 Å². The second kappa shape index (κ2) is 20.9. The Morgan fingerprint density at radius 2 is 1.29 bits per heavy atom. The molecule has 0 aromatic heterocycles. The van der Waals surface area contributed by atoms with Crippen LogP contribution in [0.2, 0.25) is 0 Å². The molecule has 10 nitrogen and oxygen atoms in total. The van der Waals surface area contributed by atoms with Crippen LogP contribution in [0, 0.1) is 0 Å². The zero-order valence-corrected chi connectivity index (χ0v) is 21.5. The van der Waals surface area contributed by atoms with Gasteiger partial charge in [-0.25, -0.2) is 4.79 Å². The van der Waals surface area contributed by atoms with E-state index >= 15 is 0 Å². The molecule has 198 valence electrons. The van der Waals surface area contributed by atoms with Gasteiger partial charge >= 0.3 is 6.09 Å². The van der Waals surface area contributed by atoms with Crippen LogP contribution in [0.3, 0.4) is 0 Å². The van der Waals surface area contributed by atoms with Crippen LogP contribution in [-0.4, -0.2) is 101 Å². The first-order chi connectivity index (χ1) is 16.5. The maximum absolute atomic E-state index is 11.8. The van der Waals surface area contributed by atoms with Gasteiger partial charge in [-0.3, -0.25) is 4.79 Å². The fraction of sp³-hybridized carbons (Fsp3) is 0.870. The van der Waals surface area contributed by atoms with Crippen molar-refractivity contribution >= 4 is 29.5 Å². The fourth-order valence-electron chi connectivity index (χ4n) is 3.25. The van der Waals surface area contributed by atoms with Crippen LogP contribution in [0.15, 0.2) is 0 Å². The summed E-state index contributed by atoms with van der Waals surface area (Å²) in [6.07, 6.45) is 6.54. The second-order valence-electron chi connectivity index (χ2n) is 7.99. The molecule has 11 heteroatoms. The minimum Gasteiger partial charge on any atom is -0.447 e. The van der Waals surface area contributed by atoms with Crippen LogP contribution < -0.4 is 10.6 Å². The highest BCUT2D eigenvalue weighted by Gasteiger charge is 2.22. The van der Waals surface area contributed by atoms with E-state index in [0.717, 1.165) is 25.7 Å². The number of carbonyl (C=O) groups excluding carboxylic acids is 3. The molecule has 0 atom stereocenters. The van der Waals surface area contributed by atoms with Crippen LogP contribution in [-0.2, 0) is 33.3 Å². The molecule has 1 aliphatic carbocycles. The lowest BCUT2D eigenvalue weighted by molar-refractivity contribution is -0.124. The molecule has 0 unspecified atom stereocenters. The minimum absolute atomic E-state index is 0.00455. The van der Waals surface area contributed by atoms with E-state index in [1.807, 2.05) is 11.8 Å². The first-order valence-electron chi connectivity index (χ1n) is 12.0. The van der Waals surface area contributed by atoms with E-state index in [1.54, 1.807) is 0 Å². The minimum atomic E-state index is -0.372. The third-order valence-electron chi connectivity index (χ3n) is 5.18. The molecule has 0 aromatic rings. The van der Waals surface area contributed by atoms with E-state index in [9.17, 15) is 14.4 Å². The largest absolute Gasteiger partial charge is 0.447 e. The van der Waals surface area contributed by atoms with Crippen molar-refractivity contribution in [3.05, 3.63) is 0 Å². The lowest BCUT2D eigenvalue weighted by atomic mass is 9.95. The molecular formula is C23H42N2O8S. The number of hydrogen-bond donors (Lipinski definition) is 2. The standard InChI is InChI=1S/C23H42N2O8S/c1-19(26)3-8-22(27)24-9-10-29-11-12-30-13-14-31-15-16-32-17-18-33-23(28)25-20-4-6-21(34-2)7-5-20/h20-21H,3-18H2,1-2H3,(H,24,27)(H,25,28). The Balaban J connectivity index is 1.76. The Kier molecular flexibility index (Phi) is 18.9. The molecule has 0 spiro atoms. The Labute approximate surface area is 207 Å². The summed E-state index contributed by atoms with van der Waals surface area (Å²) in [5.41, 5.74) is 0. The summed E-state index contributed by atoms with van der Waals surface area (Å²) in [6.45, 7) is 5.46. The number of nitrogens with one attached hydrogen (secondary N) is 2. The molecule has 2 N–H and O–H groups in total. The smallest absolute Gasteiger partial charge is 0.407 e. The number of thioether (sulfide) groups is 1. The quantitative estimate of drug-likeness (QED) is 0.239. The fourth-order valence-corrected chi connectivity index (χ4v) is 3.99. The molecule has 2 amide bonds. The van der Waals surface area contributed by atoms with Gasteiger partial charge in [0, 0.05) is 30.7 Å². The molecule has 1 saturated carbocycles. The molecule has 1 rings (SSSR count). The topological polar surface area (TPSA) is 121 Å². The molecule has 0 bridgehead atoms. The average molecular weight is 507 g/mol. The van der Waals surface area contributed by atoms with E-state index in [0.29, 0.717) is 64.6 Å². The van der Waals surface area contributed by atoms with Crippen molar-refractivity contribution in [2.24, 2.45) is 0 Å². The predicted octanol–water partition coefficient (Wildman–Crippen LogP) is 1.94. The highest BCUT2D eigenvalue weighted by atomic mass is 32.2. The van der Waals surface area contributed by atoms with Gasteiger partial charge in [-0.15, -0.1) is 0 Å². The van der Waals surface area contributed by atoms with Crippen molar-refractivity contribution in [3.63, 3.8) is 0 Å². The van der Waals surface area contributed by atoms with E-state index in [2.05, 4.69) is 16.9 Å². The van der Waals surface area contributed by atoms with Gasteiger partial charge in [0.05, 0.1) is 52.9 Å². The molecule has 1 fully saturated rings. The molecule has 0 heterocycles. The number of ether oxygens (including phenoxy) is 5. The molecule has 34 heavy (non-hydrogen) atoms. The molecule has 0 aliphatic heterocycles. The lowest BCUT2D eigenvalue weighted by Crippen LogP contribution is -2.38. The summed E-state index contributed by atoms with van der Waals surface area (Å²) < 4.78 is 26.7. The van der Waals surface area contributed by atoms with Gasteiger partial charge in [0.25, 0.3) is 0 Å². The van der Waals surface area contributed by atoms with Gasteiger partial charge in [0.2, 0.25) is 5.91 Å². The van der Waals surface area contributed by atoms with Gasteiger partial charge in [-0.2, -0.15) is 11.8 Å². The number of Topliss-reactive ketones (excluding diaryl/α,β-unsaturated/α-hetero) is 1. The number of alkyl carbamates (subject to hydrolysis) is 1. The number of rotatable bonds is 20. The Hall–Kier alpha value is -1.40. The maximum atomic E-state index is 11.8. The van der Waals surface area contributed by atoms with Crippen molar-refractivity contribution < 1.29 is 38.1 Å². The summed E-state index contributed by atoms with van der Waals surface area (Å²) in [4.78, 5) is 34.0. The summed E-state index contributed by atoms with van der Waals surface area (Å²) in [5, 5.41) is 6.33. The third-order valence-corrected chi connectivity index (χ3v) is 6.32. The van der Waals surface area contributed by atoms with E-state index in [4.69, 9.17) is 23.7 Å². The first-order valence-corrected chi connectivity index (χ1v) is 13.3. The van der Waals surface area contributed by atoms with Crippen LogP contribution >= 0.6 is 11.8 Å². The number of carbonyl (C=O) groups is 3. The average Bonchev–Trinajstić information content (AvgIpc) is 2.82. The summed E-state index contributed by atoms with van der Waals surface area (Å²) in [6, 6.07) is 0.219. The van der Waals surface area contributed by atoms with Gasteiger partial charge in [-0.05, 0) is 38.9 Å². The Morgan fingerprint density at radius 1 is 0.765 bits per heavy atom. The predicted molar refractivity (Wildman–Crippen MR) is 130 cm³/mol. The van der Waals surface area contributed by atoms with Crippen LogP contribution in [0.4, 0.5) is 4.79 Å². The summed E-state index contributed by atoms with van der Waals surface area (Å²) >= 11 is 1.90. The Morgan fingerprint density at radius 3 is 1.82 bits per heavy atom. The van der Waals surface area contributed by atoms with E-state index in [-0.39, 0.29) is 43.3 Å². The van der Waals surface area contributed by atoms with E-state index in [1.165, 1.54) is 6.92 Å². The zero-order valence-electron chi connectivity index (χ0n) is 20.6. The molecule has 0 saturated heterocycles. The molecule has 1 aliphatic rings. The van der Waals surface area contributed by atoms with Crippen LogP contribution in [0.1, 0.15) is 45.4 Å². The zero-order chi connectivity index (χ0) is 24.9. The van der Waals surface area contributed by atoms with Gasteiger partial charge in [0.1, 0.15) is 12.4 Å². The van der Waals surface area contributed by atoms with E-state index < -0.39 is 0 Å². The molecular weight excluding hydrogens is 464 g/mol. The number of amides is 2. The van der Waals surface area contributed by atoms with Crippen molar-refractivity contribution in [2.45, 2.75) is 56.7 Å². The normalized spacial score (nSPS) is 17.8. The van der Waals surface area contributed by atoms with Crippen molar-refractivity contribution in [2.75, 3.05) is 72.3 Å². The van der Waals surface area contributed by atoms with Crippen LogP contribution in [0.25, 0.3) is 0 Å².